The maximum absolute atomic E-state index is 5.04. The molecule has 348 valence electrons. The number of imidazole rings is 1. The number of benzene rings is 8. The molecule has 0 atom stereocenters. The summed E-state index contributed by atoms with van der Waals surface area (Å²) >= 11 is 0. The van der Waals surface area contributed by atoms with E-state index in [-0.39, 0.29) is 20.1 Å². The molecular weight excluding hydrogens is 1050 g/mol. The summed E-state index contributed by atoms with van der Waals surface area (Å²) in [7, 11) is 0. The van der Waals surface area contributed by atoms with Crippen LogP contribution in [0, 0.1) is 32.0 Å². The van der Waals surface area contributed by atoms with E-state index < -0.39 is 0 Å². The second-order valence-corrected chi connectivity index (χ2v) is 18.3. The molecule has 0 spiro atoms. The molecule has 3 heterocycles. The van der Waals surface area contributed by atoms with Gasteiger partial charge in [0.25, 0.3) is 0 Å². The molecule has 0 radical (unpaired) electrons. The molecule has 0 saturated heterocycles. The predicted octanol–water partition coefficient (Wildman–Crippen LogP) is 15.9. The van der Waals surface area contributed by atoms with E-state index in [1.165, 1.54) is 61.3 Å². The summed E-state index contributed by atoms with van der Waals surface area (Å²) in [5, 5.41) is 0. The Bertz CT molecular complexity index is 3540. The molecule has 8 aromatic carbocycles. The van der Waals surface area contributed by atoms with E-state index in [1.807, 2.05) is 49.1 Å². The number of nitrogens with zero attached hydrogens (tertiary/aromatic N) is 4. The molecule has 0 saturated carbocycles. The van der Waals surface area contributed by atoms with E-state index in [2.05, 4.69) is 213 Å². The Balaban J connectivity index is 0.00000596. The Morgan fingerprint density at radius 3 is 1.69 bits per heavy atom. The van der Waals surface area contributed by atoms with Crippen LogP contribution in [0.2, 0.25) is 0 Å². The number of hydrogen-bond donors (Lipinski definition) is 0. The monoisotopic (exact) mass is 1100 g/mol. The Morgan fingerprint density at radius 1 is 0.403 bits per heavy atom. The summed E-state index contributed by atoms with van der Waals surface area (Å²) in [6.07, 6.45) is 11.5. The third-order valence-corrected chi connectivity index (χ3v) is 13.4. The van der Waals surface area contributed by atoms with Gasteiger partial charge in [-0.3, -0.25) is 4.98 Å². The largest absolute Gasteiger partial charge is 3.00 e. The molecule has 0 unspecified atom stereocenters. The molecular formula is C67H51IrN4. The fraction of sp³-hybridized carbons (Fsp3) is 0.0896. The summed E-state index contributed by atoms with van der Waals surface area (Å²) in [6.45, 7) is 4.30. The van der Waals surface area contributed by atoms with Gasteiger partial charge in [0, 0.05) is 30.5 Å². The Kier molecular flexibility index (Phi) is 14.5. The fourth-order valence-corrected chi connectivity index (χ4v) is 9.67. The summed E-state index contributed by atoms with van der Waals surface area (Å²) in [5.41, 5.74) is 22.7. The first-order chi connectivity index (χ1) is 35.0. The summed E-state index contributed by atoms with van der Waals surface area (Å²) in [6, 6.07) is 81.3. The quantitative estimate of drug-likeness (QED) is 0.102. The van der Waals surface area contributed by atoms with Gasteiger partial charge in [0.2, 0.25) is 0 Å². The second kappa shape index (κ2) is 21.9. The molecule has 0 N–H and O–H groups in total. The predicted molar refractivity (Wildman–Crippen MR) is 291 cm³/mol. The van der Waals surface area contributed by atoms with Crippen LogP contribution in [0.1, 0.15) is 33.4 Å². The van der Waals surface area contributed by atoms with E-state index in [9.17, 15) is 0 Å². The first kappa shape index (κ1) is 47.6. The molecule has 0 fully saturated rings. The Hall–Kier alpha value is -8.08. The van der Waals surface area contributed by atoms with E-state index in [0.717, 1.165) is 81.8 Å². The van der Waals surface area contributed by atoms with Crippen molar-refractivity contribution in [3.8, 4) is 84.1 Å². The van der Waals surface area contributed by atoms with Gasteiger partial charge in [0.05, 0.1) is 5.82 Å². The van der Waals surface area contributed by atoms with Gasteiger partial charge in [-0.15, -0.1) is 107 Å². The number of aryl methyl sites for hydroxylation is 6. The van der Waals surface area contributed by atoms with Crippen LogP contribution in [0.3, 0.4) is 0 Å². The van der Waals surface area contributed by atoms with Crippen LogP contribution in [-0.4, -0.2) is 19.5 Å². The van der Waals surface area contributed by atoms with Crippen molar-refractivity contribution in [1.29, 1.82) is 0 Å². The first-order valence-corrected chi connectivity index (χ1v) is 24.4. The van der Waals surface area contributed by atoms with Gasteiger partial charge in [-0.05, 0) is 111 Å². The summed E-state index contributed by atoms with van der Waals surface area (Å²) < 4.78 is 2.18. The molecule has 72 heavy (non-hydrogen) atoms. The number of aromatic nitrogens is 4. The molecule has 3 aromatic heterocycles. The van der Waals surface area contributed by atoms with Crippen LogP contribution in [0.5, 0.6) is 0 Å². The molecule has 4 nitrogen and oxygen atoms in total. The standard InChI is InChI=1S/C67H51N4.Ir/c1-47-13-11-14-48(2)66(47)71-40-39-68-67(71)57-30-27-49(28-31-57)23-25-51-41-52(26-24-50-29-37-64(69-45-50)56-17-7-4-8-18-56)43-61(42-51)63-22-10-9-21-62(63)60-36-38-65(70-46-60)59-20-12-19-58(44-59)55-34-32-54(33-35-55)53-15-5-3-6-16-53;/h3-17,19,21-22,27-30,32-46H,23-26H2,1-2H3;/q-3;+3. The minimum Gasteiger partial charge on any atom is -0.340 e. The molecule has 0 aliphatic rings. The van der Waals surface area contributed by atoms with Gasteiger partial charge in [-0.25, -0.2) is 0 Å². The van der Waals surface area contributed by atoms with Gasteiger partial charge in [-0.1, -0.05) is 146 Å². The van der Waals surface area contributed by atoms with Gasteiger partial charge < -0.3 is 14.5 Å². The van der Waals surface area contributed by atoms with Crippen molar-refractivity contribution >= 4 is 0 Å². The van der Waals surface area contributed by atoms with E-state index in [1.54, 1.807) is 0 Å². The molecule has 0 aliphatic heterocycles. The van der Waals surface area contributed by atoms with Crippen LogP contribution in [0.4, 0.5) is 0 Å². The average molecular weight is 1100 g/mol. The third-order valence-electron chi connectivity index (χ3n) is 13.4. The van der Waals surface area contributed by atoms with Crippen molar-refractivity contribution in [2.24, 2.45) is 0 Å². The van der Waals surface area contributed by atoms with Crippen LogP contribution >= 0.6 is 0 Å². The van der Waals surface area contributed by atoms with Gasteiger partial charge in [0.15, 0.2) is 0 Å². The minimum absolute atomic E-state index is 0. The van der Waals surface area contributed by atoms with E-state index in [4.69, 9.17) is 15.0 Å². The van der Waals surface area contributed by atoms with Crippen molar-refractivity contribution in [2.45, 2.75) is 39.5 Å². The summed E-state index contributed by atoms with van der Waals surface area (Å²) in [5.74, 6) is 0.895. The van der Waals surface area contributed by atoms with Gasteiger partial charge in [0.1, 0.15) is 0 Å². The number of rotatable bonds is 14. The number of hydrogen-bond acceptors (Lipinski definition) is 3. The topological polar surface area (TPSA) is 43.6 Å². The Labute approximate surface area is 437 Å². The van der Waals surface area contributed by atoms with Crippen LogP contribution < -0.4 is 0 Å². The third kappa shape index (κ3) is 10.6. The summed E-state index contributed by atoms with van der Waals surface area (Å²) in [4.78, 5) is 14.6. The first-order valence-electron chi connectivity index (χ1n) is 24.4. The smallest absolute Gasteiger partial charge is 0.340 e. The Morgan fingerprint density at radius 2 is 1.01 bits per heavy atom. The van der Waals surface area contributed by atoms with Crippen LogP contribution in [0.15, 0.2) is 225 Å². The zero-order chi connectivity index (χ0) is 47.9. The van der Waals surface area contributed by atoms with Crippen molar-refractivity contribution in [1.82, 2.24) is 19.5 Å². The molecule has 0 bridgehead atoms. The van der Waals surface area contributed by atoms with Crippen molar-refractivity contribution in [3.63, 3.8) is 0 Å². The molecule has 11 aromatic rings. The fourth-order valence-electron chi connectivity index (χ4n) is 9.67. The normalized spacial score (nSPS) is 11.0. The number of para-hydroxylation sites is 1. The van der Waals surface area contributed by atoms with Crippen LogP contribution in [-0.2, 0) is 45.8 Å². The zero-order valence-corrected chi connectivity index (χ0v) is 42.7. The molecule has 5 heteroatoms. The maximum Gasteiger partial charge on any atom is 3.00 e. The average Bonchev–Trinajstić information content (AvgIpc) is 3.92. The zero-order valence-electron chi connectivity index (χ0n) is 40.3. The van der Waals surface area contributed by atoms with E-state index in [0.29, 0.717) is 0 Å². The minimum atomic E-state index is 0. The molecule has 11 rings (SSSR count). The second-order valence-electron chi connectivity index (χ2n) is 18.3. The molecule has 0 amide bonds. The van der Waals surface area contributed by atoms with Gasteiger partial charge >= 0.3 is 20.1 Å². The van der Waals surface area contributed by atoms with Crippen molar-refractivity contribution in [2.75, 3.05) is 0 Å². The van der Waals surface area contributed by atoms with Crippen molar-refractivity contribution in [3.05, 3.63) is 277 Å². The maximum atomic E-state index is 5.04. The SMILES string of the molecule is Cc1cccc(C)c1-n1ccnc1-c1[c-]cc(CCc2cc(CCc3ccc(-c4[c-]cccc4)nc3)cc(-c3ccccc3-c3ccc(-c4[c-]ccc(-c5ccc(-c6ccccc6)cc5)c4)nc3)c2)cc1.[Ir+3]. The van der Waals surface area contributed by atoms with E-state index >= 15 is 0 Å². The van der Waals surface area contributed by atoms with Crippen molar-refractivity contribution < 1.29 is 20.1 Å². The molecule has 0 aliphatic carbocycles. The number of pyridine rings is 2. The van der Waals surface area contributed by atoms with Crippen LogP contribution in [0.25, 0.3) is 84.1 Å². The van der Waals surface area contributed by atoms with Gasteiger partial charge in [-0.2, -0.15) is 0 Å².